The first-order valence-corrected chi connectivity index (χ1v) is 8.53. The number of halogens is 1. The van der Waals surface area contributed by atoms with Gasteiger partial charge in [0.15, 0.2) is 0 Å². The van der Waals surface area contributed by atoms with Crippen molar-refractivity contribution in [3.63, 3.8) is 0 Å². The van der Waals surface area contributed by atoms with E-state index in [0.717, 1.165) is 18.5 Å². The predicted octanol–water partition coefficient (Wildman–Crippen LogP) is 3.45. The molecule has 0 aromatic heterocycles. The Morgan fingerprint density at radius 3 is 2.09 bits per heavy atom. The topological polar surface area (TPSA) is 52.7 Å². The van der Waals surface area contributed by atoms with Gasteiger partial charge in [0.1, 0.15) is 0 Å². The lowest BCUT2D eigenvalue weighted by molar-refractivity contribution is -0.137. The van der Waals surface area contributed by atoms with Gasteiger partial charge < -0.3 is 15.1 Å². The summed E-state index contributed by atoms with van der Waals surface area (Å²) >= 11 is 5.83. The van der Waals surface area contributed by atoms with Crippen LogP contribution in [0.25, 0.3) is 0 Å². The number of rotatable bonds is 4. The van der Waals surface area contributed by atoms with Gasteiger partial charge in [0.05, 0.1) is 0 Å². The van der Waals surface area contributed by atoms with E-state index in [1.807, 2.05) is 18.7 Å². The Kier molecular flexibility index (Phi) is 6.28. The molecule has 0 bridgehead atoms. The highest BCUT2D eigenvalue weighted by Crippen LogP contribution is 2.16. The number of amides is 3. The molecule has 0 unspecified atom stereocenters. The van der Waals surface area contributed by atoms with Crippen molar-refractivity contribution in [3.8, 4) is 0 Å². The van der Waals surface area contributed by atoms with Crippen molar-refractivity contribution in [3.05, 3.63) is 29.3 Å². The maximum absolute atomic E-state index is 12.4. The first-order valence-electron chi connectivity index (χ1n) is 8.15. The van der Waals surface area contributed by atoms with E-state index in [9.17, 15) is 9.59 Å². The summed E-state index contributed by atoms with van der Waals surface area (Å²) in [7, 11) is 0. The first kappa shape index (κ1) is 17.6. The summed E-state index contributed by atoms with van der Waals surface area (Å²) in [5, 5.41) is 3.49. The quantitative estimate of drug-likeness (QED) is 0.914. The van der Waals surface area contributed by atoms with E-state index in [4.69, 9.17) is 11.6 Å². The van der Waals surface area contributed by atoms with Gasteiger partial charge in [0.2, 0.25) is 5.91 Å². The summed E-state index contributed by atoms with van der Waals surface area (Å²) in [6, 6.07) is 6.88. The summed E-state index contributed by atoms with van der Waals surface area (Å²) in [4.78, 5) is 28.2. The Hall–Kier alpha value is -1.75. The monoisotopic (exact) mass is 337 g/mol. The van der Waals surface area contributed by atoms with Gasteiger partial charge in [-0.3, -0.25) is 4.79 Å². The van der Waals surface area contributed by atoms with Crippen LogP contribution < -0.4 is 5.32 Å². The fraction of sp³-hybridized carbons (Fsp3) is 0.529. The first-order chi connectivity index (χ1) is 11.0. The molecule has 23 heavy (non-hydrogen) atoms. The molecule has 1 aliphatic heterocycles. The third kappa shape index (κ3) is 4.61. The zero-order valence-electron chi connectivity index (χ0n) is 13.7. The van der Waals surface area contributed by atoms with Crippen molar-refractivity contribution < 1.29 is 9.59 Å². The van der Waals surface area contributed by atoms with Gasteiger partial charge in [0.25, 0.3) is 0 Å². The van der Waals surface area contributed by atoms with Crippen molar-refractivity contribution in [2.75, 3.05) is 31.5 Å². The molecule has 3 amide bonds. The molecule has 1 aliphatic rings. The van der Waals surface area contributed by atoms with Gasteiger partial charge in [-0.2, -0.15) is 0 Å². The van der Waals surface area contributed by atoms with E-state index in [2.05, 4.69) is 5.32 Å². The molecule has 0 saturated carbocycles. The number of hydrogen-bond donors (Lipinski definition) is 1. The standard InChI is InChI=1S/C17H24ClN3O2/c1-3-13(4-2)16(22)20-9-11-21(12-10-20)17(23)19-15-7-5-14(18)6-8-15/h5-8,13H,3-4,9-12H2,1-2H3,(H,19,23). The summed E-state index contributed by atoms with van der Waals surface area (Å²) in [6.07, 6.45) is 1.74. The predicted molar refractivity (Wildman–Crippen MR) is 92.7 cm³/mol. The maximum Gasteiger partial charge on any atom is 0.321 e. The van der Waals surface area contributed by atoms with E-state index in [-0.39, 0.29) is 17.9 Å². The zero-order valence-corrected chi connectivity index (χ0v) is 14.5. The molecule has 1 aromatic carbocycles. The van der Waals surface area contributed by atoms with Crippen LogP contribution in [-0.2, 0) is 4.79 Å². The largest absolute Gasteiger partial charge is 0.339 e. The molecule has 5 nitrogen and oxygen atoms in total. The van der Waals surface area contributed by atoms with E-state index < -0.39 is 0 Å². The molecular weight excluding hydrogens is 314 g/mol. The Balaban J connectivity index is 1.85. The van der Waals surface area contributed by atoms with Crippen LogP contribution in [0.3, 0.4) is 0 Å². The molecule has 6 heteroatoms. The van der Waals surface area contributed by atoms with Crippen LogP contribution in [-0.4, -0.2) is 47.9 Å². The second kappa shape index (κ2) is 8.20. The lowest BCUT2D eigenvalue weighted by Gasteiger charge is -2.36. The van der Waals surface area contributed by atoms with E-state index in [1.165, 1.54) is 0 Å². The normalized spacial score (nSPS) is 15.0. The van der Waals surface area contributed by atoms with Crippen LogP contribution in [0.15, 0.2) is 24.3 Å². The highest BCUT2D eigenvalue weighted by molar-refractivity contribution is 6.30. The van der Waals surface area contributed by atoms with Crippen LogP contribution in [0.2, 0.25) is 5.02 Å². The van der Waals surface area contributed by atoms with Crippen molar-refractivity contribution in [2.45, 2.75) is 26.7 Å². The molecule has 1 N–H and O–H groups in total. The number of anilines is 1. The molecule has 0 radical (unpaired) electrons. The molecule has 1 heterocycles. The molecule has 2 rings (SSSR count). The van der Waals surface area contributed by atoms with E-state index >= 15 is 0 Å². The maximum atomic E-state index is 12.4. The third-order valence-electron chi connectivity index (χ3n) is 4.31. The Morgan fingerprint density at radius 1 is 1.04 bits per heavy atom. The summed E-state index contributed by atoms with van der Waals surface area (Å²) in [5.74, 6) is 0.317. The lowest BCUT2D eigenvalue weighted by atomic mass is 10.0. The van der Waals surface area contributed by atoms with Crippen molar-refractivity contribution in [2.24, 2.45) is 5.92 Å². The highest BCUT2D eigenvalue weighted by Gasteiger charge is 2.27. The van der Waals surface area contributed by atoms with E-state index in [1.54, 1.807) is 29.2 Å². The zero-order chi connectivity index (χ0) is 16.8. The number of urea groups is 1. The number of hydrogen-bond acceptors (Lipinski definition) is 2. The highest BCUT2D eigenvalue weighted by atomic mass is 35.5. The van der Waals surface area contributed by atoms with Crippen LogP contribution in [0.4, 0.5) is 10.5 Å². The summed E-state index contributed by atoms with van der Waals surface area (Å²) in [6.45, 7) is 6.41. The van der Waals surface area contributed by atoms with Crippen molar-refractivity contribution >= 4 is 29.2 Å². The Bertz CT molecular complexity index is 535. The fourth-order valence-electron chi connectivity index (χ4n) is 2.76. The summed E-state index contributed by atoms with van der Waals surface area (Å²) < 4.78 is 0. The Labute approximate surface area is 142 Å². The molecule has 126 valence electrons. The van der Waals surface area contributed by atoms with Gasteiger partial charge in [0, 0.05) is 42.8 Å². The van der Waals surface area contributed by atoms with Crippen LogP contribution in [0, 0.1) is 5.92 Å². The molecule has 1 fully saturated rings. The minimum Gasteiger partial charge on any atom is -0.339 e. The lowest BCUT2D eigenvalue weighted by Crippen LogP contribution is -2.52. The molecular formula is C17H24ClN3O2. The fourth-order valence-corrected chi connectivity index (χ4v) is 2.89. The molecule has 0 spiro atoms. The van der Waals surface area contributed by atoms with Gasteiger partial charge in [-0.25, -0.2) is 4.79 Å². The van der Waals surface area contributed by atoms with Gasteiger partial charge in [-0.05, 0) is 37.1 Å². The summed E-state index contributed by atoms with van der Waals surface area (Å²) in [5.41, 5.74) is 0.718. The van der Waals surface area contributed by atoms with Gasteiger partial charge in [-0.1, -0.05) is 25.4 Å². The molecule has 0 atom stereocenters. The number of carbonyl (C=O) groups is 2. The van der Waals surface area contributed by atoms with Crippen LogP contribution >= 0.6 is 11.6 Å². The van der Waals surface area contributed by atoms with Gasteiger partial charge >= 0.3 is 6.03 Å². The number of benzene rings is 1. The minimum absolute atomic E-state index is 0.101. The second-order valence-corrected chi connectivity index (χ2v) is 6.20. The molecule has 1 aromatic rings. The third-order valence-corrected chi connectivity index (χ3v) is 4.56. The minimum atomic E-state index is -0.137. The SMILES string of the molecule is CCC(CC)C(=O)N1CCN(C(=O)Nc2ccc(Cl)cc2)CC1. The number of carbonyl (C=O) groups excluding carboxylic acids is 2. The smallest absolute Gasteiger partial charge is 0.321 e. The van der Waals surface area contributed by atoms with Gasteiger partial charge in [-0.15, -0.1) is 0 Å². The molecule has 0 aliphatic carbocycles. The number of nitrogens with one attached hydrogen (secondary N) is 1. The number of piperazine rings is 1. The van der Waals surface area contributed by atoms with Crippen molar-refractivity contribution in [1.82, 2.24) is 9.80 Å². The van der Waals surface area contributed by atoms with E-state index in [0.29, 0.717) is 31.2 Å². The second-order valence-electron chi connectivity index (χ2n) is 5.76. The average Bonchev–Trinajstić information content (AvgIpc) is 2.58. The Morgan fingerprint density at radius 2 is 1.57 bits per heavy atom. The van der Waals surface area contributed by atoms with Crippen LogP contribution in [0.1, 0.15) is 26.7 Å². The van der Waals surface area contributed by atoms with Crippen LogP contribution in [0.5, 0.6) is 0 Å². The molecule has 1 saturated heterocycles. The number of nitrogens with zero attached hydrogens (tertiary/aromatic N) is 2. The van der Waals surface area contributed by atoms with Crippen molar-refractivity contribution in [1.29, 1.82) is 0 Å². The average molecular weight is 338 g/mol.